The van der Waals surface area contributed by atoms with Gasteiger partial charge in [0.2, 0.25) is 5.88 Å². The number of pyridine rings is 1. The summed E-state index contributed by atoms with van der Waals surface area (Å²) in [5, 5.41) is 0. The molecule has 0 unspecified atom stereocenters. The van der Waals surface area contributed by atoms with Gasteiger partial charge >= 0.3 is 0 Å². The molecule has 0 radical (unpaired) electrons. The predicted octanol–water partition coefficient (Wildman–Crippen LogP) is 2.19. The van der Waals surface area contributed by atoms with Gasteiger partial charge in [-0.2, -0.15) is 0 Å². The number of furan rings is 1. The van der Waals surface area contributed by atoms with Crippen LogP contribution in [0.15, 0.2) is 27.6 Å². The molecule has 3 heterocycles. The summed E-state index contributed by atoms with van der Waals surface area (Å²) in [7, 11) is -3.68. The van der Waals surface area contributed by atoms with Crippen LogP contribution in [-0.2, 0) is 10.0 Å². The number of nitrogens with zero attached hydrogens (tertiary/aromatic N) is 2. The first-order chi connectivity index (χ1) is 9.89. The number of hydrogen-bond acceptors (Lipinski definition) is 5. The Labute approximate surface area is 123 Å². The van der Waals surface area contributed by atoms with Crippen LogP contribution < -0.4 is 9.04 Å². The van der Waals surface area contributed by atoms with Gasteiger partial charge in [0.25, 0.3) is 10.0 Å². The predicted molar refractivity (Wildman–Crippen MR) is 77.2 cm³/mol. The molecule has 0 bridgehead atoms. The fourth-order valence-electron chi connectivity index (χ4n) is 2.41. The number of hydrogen-bond donors (Lipinski definition) is 0. The molecule has 2 aromatic heterocycles. The van der Waals surface area contributed by atoms with Gasteiger partial charge in [0.1, 0.15) is 28.7 Å². The van der Waals surface area contributed by atoms with E-state index in [-0.39, 0.29) is 18.0 Å². The van der Waals surface area contributed by atoms with Crippen LogP contribution in [0.5, 0.6) is 5.88 Å². The zero-order valence-corrected chi connectivity index (χ0v) is 12.9. The topological polar surface area (TPSA) is 72.6 Å². The summed E-state index contributed by atoms with van der Waals surface area (Å²) in [6.45, 7) is 5.77. The maximum atomic E-state index is 12.9. The fraction of sp³-hybridized carbons (Fsp3) is 0.357. The van der Waals surface area contributed by atoms with Crippen molar-refractivity contribution in [1.82, 2.24) is 4.98 Å². The third-order valence-corrected chi connectivity index (χ3v) is 5.25. The first kappa shape index (κ1) is 13.9. The monoisotopic (exact) mass is 308 g/mol. The van der Waals surface area contributed by atoms with Crippen LogP contribution >= 0.6 is 0 Å². The molecule has 0 atom stereocenters. The number of aromatic nitrogens is 1. The Balaban J connectivity index is 2.14. The van der Waals surface area contributed by atoms with Crippen LogP contribution in [0, 0.1) is 20.8 Å². The van der Waals surface area contributed by atoms with Crippen molar-refractivity contribution in [2.45, 2.75) is 25.7 Å². The molecule has 0 N–H and O–H groups in total. The van der Waals surface area contributed by atoms with Crippen LogP contribution in [0.3, 0.4) is 0 Å². The van der Waals surface area contributed by atoms with Crippen molar-refractivity contribution in [3.05, 3.63) is 35.4 Å². The van der Waals surface area contributed by atoms with Gasteiger partial charge in [-0.15, -0.1) is 0 Å². The molecule has 0 fully saturated rings. The lowest BCUT2D eigenvalue weighted by atomic mass is 10.3. The van der Waals surface area contributed by atoms with E-state index in [1.165, 1.54) is 4.31 Å². The minimum atomic E-state index is -3.68. The first-order valence-corrected chi connectivity index (χ1v) is 8.03. The number of fused-ring (bicyclic) bond motifs is 1. The average Bonchev–Trinajstić information content (AvgIpc) is 2.77. The van der Waals surface area contributed by atoms with Gasteiger partial charge in [-0.25, -0.2) is 13.4 Å². The number of sulfonamides is 1. The molecular weight excluding hydrogens is 292 g/mol. The smallest absolute Gasteiger partial charge is 0.268 e. The summed E-state index contributed by atoms with van der Waals surface area (Å²) in [5.74, 6) is 1.30. The van der Waals surface area contributed by atoms with E-state index in [1.807, 2.05) is 6.92 Å². The molecule has 6 nitrogen and oxygen atoms in total. The van der Waals surface area contributed by atoms with Crippen molar-refractivity contribution in [1.29, 1.82) is 0 Å². The highest BCUT2D eigenvalue weighted by molar-refractivity contribution is 7.92. The van der Waals surface area contributed by atoms with Crippen molar-refractivity contribution >= 4 is 15.7 Å². The van der Waals surface area contributed by atoms with E-state index in [4.69, 9.17) is 9.15 Å². The van der Waals surface area contributed by atoms with E-state index in [0.717, 1.165) is 5.56 Å². The Morgan fingerprint density at radius 2 is 2.00 bits per heavy atom. The number of aryl methyl sites for hydroxylation is 3. The first-order valence-electron chi connectivity index (χ1n) is 6.59. The van der Waals surface area contributed by atoms with Crippen LogP contribution in [0.25, 0.3) is 0 Å². The van der Waals surface area contributed by atoms with E-state index < -0.39 is 10.0 Å². The summed E-state index contributed by atoms with van der Waals surface area (Å²) in [4.78, 5) is 4.34. The molecular formula is C14H16N2O4S. The lowest BCUT2D eigenvalue weighted by Crippen LogP contribution is -2.38. The largest absolute Gasteiger partial charge is 0.474 e. The molecule has 1 aliphatic rings. The second kappa shape index (κ2) is 4.77. The van der Waals surface area contributed by atoms with Gasteiger partial charge < -0.3 is 9.15 Å². The molecule has 21 heavy (non-hydrogen) atoms. The second-order valence-electron chi connectivity index (χ2n) is 5.04. The number of ether oxygens (including phenoxy) is 1. The molecule has 0 saturated heterocycles. The lowest BCUT2D eigenvalue weighted by Gasteiger charge is -2.29. The third kappa shape index (κ3) is 2.27. The zero-order valence-electron chi connectivity index (χ0n) is 12.1. The zero-order chi connectivity index (χ0) is 15.2. The standard InChI is InChI=1S/C14H16N2O4S/c1-9-6-12-14(15-8-9)19-5-4-16(12)21(17,18)13-7-10(2)20-11(13)3/h6-8H,4-5H2,1-3H3. The van der Waals surface area contributed by atoms with E-state index in [0.29, 0.717) is 23.1 Å². The van der Waals surface area contributed by atoms with Crippen molar-refractivity contribution in [2.75, 3.05) is 17.5 Å². The lowest BCUT2D eigenvalue weighted by molar-refractivity contribution is 0.303. The Hall–Kier alpha value is -2.02. The van der Waals surface area contributed by atoms with Crippen LogP contribution in [-0.4, -0.2) is 26.6 Å². The van der Waals surface area contributed by atoms with Crippen LogP contribution in [0.4, 0.5) is 5.69 Å². The Morgan fingerprint density at radius 3 is 2.67 bits per heavy atom. The van der Waals surface area contributed by atoms with E-state index >= 15 is 0 Å². The normalized spacial score (nSPS) is 14.7. The van der Waals surface area contributed by atoms with Gasteiger partial charge in [-0.3, -0.25) is 4.31 Å². The quantitative estimate of drug-likeness (QED) is 0.850. The molecule has 0 spiro atoms. The Bertz CT molecular complexity index is 795. The molecule has 0 aromatic carbocycles. The molecule has 112 valence electrons. The fourth-order valence-corrected chi connectivity index (χ4v) is 4.07. The number of anilines is 1. The highest BCUT2D eigenvalue weighted by Gasteiger charge is 2.33. The molecule has 7 heteroatoms. The second-order valence-corrected chi connectivity index (χ2v) is 6.87. The highest BCUT2D eigenvalue weighted by atomic mass is 32.2. The van der Waals surface area contributed by atoms with Crippen LogP contribution in [0.1, 0.15) is 17.1 Å². The summed E-state index contributed by atoms with van der Waals surface area (Å²) >= 11 is 0. The maximum absolute atomic E-state index is 12.9. The summed E-state index contributed by atoms with van der Waals surface area (Å²) in [5.41, 5.74) is 1.35. The SMILES string of the molecule is Cc1cnc2c(c1)N(S(=O)(=O)c1cc(C)oc1C)CCO2. The van der Waals surface area contributed by atoms with Crippen molar-refractivity contribution in [3.63, 3.8) is 0 Å². The summed E-state index contributed by atoms with van der Waals surface area (Å²) in [6, 6.07) is 3.31. The Morgan fingerprint density at radius 1 is 1.24 bits per heavy atom. The van der Waals surface area contributed by atoms with Crippen molar-refractivity contribution in [2.24, 2.45) is 0 Å². The summed E-state index contributed by atoms with van der Waals surface area (Å²) in [6.07, 6.45) is 1.65. The van der Waals surface area contributed by atoms with Crippen molar-refractivity contribution < 1.29 is 17.6 Å². The summed E-state index contributed by atoms with van der Waals surface area (Å²) < 4.78 is 37.9. The molecule has 1 aliphatic heterocycles. The van der Waals surface area contributed by atoms with Crippen molar-refractivity contribution in [3.8, 4) is 5.88 Å². The maximum Gasteiger partial charge on any atom is 0.268 e. The molecule has 0 aliphatic carbocycles. The average molecular weight is 308 g/mol. The van der Waals surface area contributed by atoms with Gasteiger partial charge in [0.05, 0.1) is 6.54 Å². The van der Waals surface area contributed by atoms with E-state index in [2.05, 4.69) is 4.98 Å². The van der Waals surface area contributed by atoms with Gasteiger partial charge in [0, 0.05) is 12.3 Å². The molecule has 0 amide bonds. The third-order valence-electron chi connectivity index (χ3n) is 3.33. The van der Waals surface area contributed by atoms with E-state index in [9.17, 15) is 8.42 Å². The van der Waals surface area contributed by atoms with E-state index in [1.54, 1.807) is 32.2 Å². The Kier molecular flexibility index (Phi) is 3.16. The number of rotatable bonds is 2. The van der Waals surface area contributed by atoms with Gasteiger partial charge in [-0.05, 0) is 32.4 Å². The minimum absolute atomic E-state index is 0.189. The van der Waals surface area contributed by atoms with Crippen LogP contribution in [0.2, 0.25) is 0 Å². The molecule has 2 aromatic rings. The molecule has 3 rings (SSSR count). The molecule has 0 saturated carbocycles. The highest BCUT2D eigenvalue weighted by Crippen LogP contribution is 2.35. The van der Waals surface area contributed by atoms with Gasteiger partial charge in [0.15, 0.2) is 0 Å². The van der Waals surface area contributed by atoms with Gasteiger partial charge in [-0.1, -0.05) is 0 Å². The minimum Gasteiger partial charge on any atom is -0.474 e.